The lowest BCUT2D eigenvalue weighted by atomic mass is 10.0. The fourth-order valence-electron chi connectivity index (χ4n) is 9.91. The Hall–Kier alpha value is -9.70. The molecule has 22 heteroatoms. The number of anilines is 3. The molecule has 1 fully saturated rings. The minimum Gasteiger partial charge on any atom is -0.383 e. The van der Waals surface area contributed by atoms with E-state index in [4.69, 9.17) is 25.4 Å². The smallest absolute Gasteiger partial charge is 0.274 e. The molecule has 0 bridgehead atoms. The monoisotopic (exact) mass is 1040 g/mol. The van der Waals surface area contributed by atoms with Crippen molar-refractivity contribution < 1.29 is 36.6 Å². The normalized spacial score (nSPS) is 12.9. The van der Waals surface area contributed by atoms with E-state index in [1.54, 1.807) is 66.3 Å². The molecule has 4 N–H and O–H groups in total. The van der Waals surface area contributed by atoms with Crippen LogP contribution in [0.5, 0.6) is 0 Å². The number of hydrogen-bond donors (Lipinski definition) is 3. The Bertz CT molecular complexity index is 4140. The van der Waals surface area contributed by atoms with Crippen LogP contribution in [0.2, 0.25) is 0 Å². The highest BCUT2D eigenvalue weighted by atomic mass is 19.1. The molecule has 0 atom stereocenters. The molecule has 0 spiro atoms. The molecule has 386 valence electrons. The second kappa shape index (κ2) is 19.2. The van der Waals surface area contributed by atoms with E-state index in [-0.39, 0.29) is 65.5 Å². The van der Waals surface area contributed by atoms with Crippen molar-refractivity contribution in [3.8, 4) is 45.0 Å². The number of piperazine rings is 1. The SMILES string of the molecule is COCCNC(=O)c1cn2c(-c3ccc4c(c3)n(C)c[n+]4Nc3nc(-c4ccc(F)cc4)c(-c4ccc5ncn(C)c5c4)n4cc(C(=O)N5CCN(c6ccc(F)cc6F)CC5)nc34)c(-c3ccc(F)cc3)nc(N)c2n1. The van der Waals surface area contributed by atoms with Crippen molar-refractivity contribution in [3.63, 3.8) is 0 Å². The molecule has 18 nitrogen and oxygen atoms in total. The lowest BCUT2D eigenvalue weighted by Crippen LogP contribution is -2.49. The molecular weight excluding hydrogens is 995 g/mol. The van der Waals surface area contributed by atoms with Crippen molar-refractivity contribution in [1.82, 2.24) is 53.1 Å². The Kier molecular flexibility index (Phi) is 12.0. The van der Waals surface area contributed by atoms with Crippen molar-refractivity contribution in [2.24, 2.45) is 14.1 Å². The number of carbonyl (C=O) groups is 2. The summed E-state index contributed by atoms with van der Waals surface area (Å²) in [6, 6.07) is 26.8. The third kappa shape index (κ3) is 8.72. The van der Waals surface area contributed by atoms with Crippen LogP contribution in [0.25, 0.3) is 78.4 Å². The zero-order valence-corrected chi connectivity index (χ0v) is 41.5. The lowest BCUT2D eigenvalue weighted by molar-refractivity contribution is -0.616. The van der Waals surface area contributed by atoms with Crippen LogP contribution in [-0.2, 0) is 18.8 Å². The van der Waals surface area contributed by atoms with Gasteiger partial charge in [-0.1, -0.05) is 6.07 Å². The van der Waals surface area contributed by atoms with E-state index < -0.39 is 29.2 Å². The number of halogens is 4. The highest BCUT2D eigenvalue weighted by molar-refractivity contribution is 5.96. The molecule has 7 heterocycles. The van der Waals surface area contributed by atoms with Gasteiger partial charge in [0.2, 0.25) is 5.82 Å². The van der Waals surface area contributed by atoms with Crippen molar-refractivity contribution >= 4 is 62.5 Å². The summed E-state index contributed by atoms with van der Waals surface area (Å²) in [7, 11) is 5.29. The van der Waals surface area contributed by atoms with Gasteiger partial charge < -0.3 is 30.2 Å². The van der Waals surface area contributed by atoms with Crippen LogP contribution >= 0.6 is 0 Å². The average Bonchev–Trinajstić information content (AvgIpc) is 4.27. The summed E-state index contributed by atoms with van der Waals surface area (Å²) in [6.07, 6.45) is 6.78. The zero-order valence-electron chi connectivity index (χ0n) is 41.5. The quantitative estimate of drug-likeness (QED) is 0.0627. The van der Waals surface area contributed by atoms with Gasteiger partial charge in [-0.05, 0) is 91.0 Å². The largest absolute Gasteiger partial charge is 0.383 e. The summed E-state index contributed by atoms with van der Waals surface area (Å²) in [5, 5.41) is 2.80. The second-order valence-corrected chi connectivity index (χ2v) is 18.6. The maximum absolute atomic E-state index is 14.8. The number of nitrogens with zero attached hydrogens (tertiary/aromatic N) is 12. The number of nitrogens with two attached hydrogens (primary N) is 1. The molecule has 0 radical (unpaired) electrons. The number of rotatable bonds is 12. The summed E-state index contributed by atoms with van der Waals surface area (Å²) in [6.45, 7) is 1.62. The van der Waals surface area contributed by atoms with Gasteiger partial charge in [0.1, 0.15) is 34.7 Å². The number of fused-ring (bicyclic) bond motifs is 4. The van der Waals surface area contributed by atoms with Crippen LogP contribution < -0.4 is 26.1 Å². The molecule has 11 aromatic rings. The fourth-order valence-corrected chi connectivity index (χ4v) is 9.91. The molecule has 0 aliphatic carbocycles. The standard InChI is InChI=1S/C55H45F4N15O3/c1-68-29-62-39-15-8-33(24-44(39)68)49-47(32-6-12-36(57)13-7-32)66-51(53-64-41(28-73(49)53)55(76)71-21-19-70(20-22-71)42-17-14-37(58)26-38(42)59)67-74-30-69(2)45-25-34(9-16-43(45)74)48-46(31-4-10-35(56)11-5-31)65-50(60)52-63-40(27-72(48)52)54(75)61-18-23-77-3/h4-17,24-30H,18-23H2,1-3H3,(H3-,60,61,65,66,67,75)/p+1. The van der Waals surface area contributed by atoms with E-state index >= 15 is 0 Å². The first kappa shape index (κ1) is 48.3. The maximum Gasteiger partial charge on any atom is 0.274 e. The van der Waals surface area contributed by atoms with Crippen LogP contribution in [0, 0.1) is 23.3 Å². The number of aryl methyl sites for hydroxylation is 2. The Morgan fingerprint density at radius 3 is 1.97 bits per heavy atom. The minimum atomic E-state index is -0.683. The van der Waals surface area contributed by atoms with Crippen LogP contribution in [-0.4, -0.2) is 106 Å². The highest BCUT2D eigenvalue weighted by Crippen LogP contribution is 2.38. The van der Waals surface area contributed by atoms with Gasteiger partial charge in [0.15, 0.2) is 28.1 Å². The number of amides is 2. The molecule has 1 aliphatic heterocycles. The first-order valence-corrected chi connectivity index (χ1v) is 24.4. The van der Waals surface area contributed by atoms with Crippen molar-refractivity contribution in [3.05, 3.63) is 163 Å². The summed E-state index contributed by atoms with van der Waals surface area (Å²) < 4.78 is 71.8. The topological polar surface area (TPSA) is 187 Å². The van der Waals surface area contributed by atoms with Gasteiger partial charge in [-0.3, -0.25) is 18.4 Å². The Balaban J connectivity index is 0.986. The van der Waals surface area contributed by atoms with E-state index in [0.29, 0.717) is 70.2 Å². The van der Waals surface area contributed by atoms with Crippen LogP contribution in [0.4, 0.5) is 34.9 Å². The molecule has 0 unspecified atom stereocenters. The number of benzene rings is 5. The Labute approximate surface area is 435 Å². The number of methoxy groups -OCH3 is 1. The van der Waals surface area contributed by atoms with Crippen molar-refractivity contribution in [2.75, 3.05) is 62.5 Å². The molecule has 5 aromatic carbocycles. The minimum absolute atomic E-state index is 0.0540. The van der Waals surface area contributed by atoms with E-state index in [1.807, 2.05) is 66.0 Å². The number of ether oxygens (including phenoxy) is 1. The molecular formula is C55H46F4N15O3+. The molecule has 77 heavy (non-hydrogen) atoms. The van der Waals surface area contributed by atoms with Gasteiger partial charge in [0.05, 0.1) is 59.5 Å². The number of nitrogens with one attached hydrogen (secondary N) is 2. The van der Waals surface area contributed by atoms with Crippen molar-refractivity contribution in [2.45, 2.75) is 0 Å². The number of nitrogen functional groups attached to an aromatic ring is 1. The highest BCUT2D eigenvalue weighted by Gasteiger charge is 2.30. The van der Waals surface area contributed by atoms with E-state index in [0.717, 1.165) is 22.6 Å². The first-order valence-electron chi connectivity index (χ1n) is 24.4. The van der Waals surface area contributed by atoms with E-state index in [1.165, 1.54) is 43.5 Å². The Morgan fingerprint density at radius 1 is 0.675 bits per heavy atom. The fraction of sp³-hybridized carbons (Fsp3) is 0.164. The van der Waals surface area contributed by atoms with Gasteiger partial charge >= 0.3 is 0 Å². The molecule has 6 aromatic heterocycles. The number of aromatic nitrogens is 10. The van der Waals surface area contributed by atoms with Gasteiger partial charge in [0.25, 0.3) is 18.1 Å². The van der Waals surface area contributed by atoms with E-state index in [9.17, 15) is 27.2 Å². The third-order valence-corrected chi connectivity index (χ3v) is 13.7. The summed E-state index contributed by atoms with van der Waals surface area (Å²) in [5.41, 5.74) is 18.4. The second-order valence-electron chi connectivity index (χ2n) is 18.6. The van der Waals surface area contributed by atoms with E-state index in [2.05, 4.69) is 20.7 Å². The summed E-state index contributed by atoms with van der Waals surface area (Å²) >= 11 is 0. The molecule has 2 amide bonds. The van der Waals surface area contributed by atoms with Crippen LogP contribution in [0.3, 0.4) is 0 Å². The Morgan fingerprint density at radius 2 is 1.29 bits per heavy atom. The summed E-state index contributed by atoms with van der Waals surface area (Å²) in [5.74, 6) is -2.75. The van der Waals surface area contributed by atoms with Gasteiger partial charge in [0, 0.05) is 87.6 Å². The van der Waals surface area contributed by atoms with Crippen LogP contribution in [0.1, 0.15) is 21.0 Å². The van der Waals surface area contributed by atoms with Gasteiger partial charge in [-0.2, -0.15) is 0 Å². The van der Waals surface area contributed by atoms with Gasteiger partial charge in [-0.25, -0.2) is 52.5 Å². The number of carbonyl (C=O) groups excluding carboxylic acids is 2. The summed E-state index contributed by atoms with van der Waals surface area (Å²) in [4.78, 5) is 55.5. The predicted octanol–water partition coefficient (Wildman–Crippen LogP) is 7.46. The van der Waals surface area contributed by atoms with Crippen molar-refractivity contribution in [1.29, 1.82) is 0 Å². The average molecular weight is 1040 g/mol. The zero-order chi connectivity index (χ0) is 53.2. The molecule has 12 rings (SSSR count). The molecule has 1 aliphatic rings. The molecule has 0 saturated carbocycles. The third-order valence-electron chi connectivity index (χ3n) is 13.7. The van der Waals surface area contributed by atoms with Gasteiger partial charge in [-0.15, -0.1) is 4.68 Å². The lowest BCUT2D eigenvalue weighted by Gasteiger charge is -2.35. The predicted molar refractivity (Wildman–Crippen MR) is 281 cm³/mol. The van der Waals surface area contributed by atoms with Crippen LogP contribution in [0.15, 0.2) is 128 Å². The molecule has 1 saturated heterocycles. The number of imidazole rings is 4. The first-order chi connectivity index (χ1) is 37.3. The number of hydrogen-bond acceptors (Lipinski definition) is 11. The maximum atomic E-state index is 14.8.